The molecule has 1 aliphatic heterocycles. The summed E-state index contributed by atoms with van der Waals surface area (Å²) in [7, 11) is 0. The Hall–Kier alpha value is -5.76. The summed E-state index contributed by atoms with van der Waals surface area (Å²) in [4.78, 5) is 41.2. The van der Waals surface area contributed by atoms with E-state index < -0.39 is 58.9 Å². The number of carbonyl (C=O) groups excluding carboxylic acids is 2. The fraction of sp³-hybridized carbons (Fsp3) is 0.282. The SMILES string of the molecule is CC(SC1COC(/C=C/C=C/c2ccc(C#N)cc2F)OC1)C(Cn1cncn1)(OC(=O)c1ccccc1COC(=O)CCC(=O)O)c1ccc(F)cc1F. The molecule has 1 fully saturated rings. The number of nitrogens with zero attached hydrogens (tertiary/aromatic N) is 4. The van der Waals surface area contributed by atoms with Gasteiger partial charge in [0.1, 0.15) is 36.7 Å². The zero-order valence-electron chi connectivity index (χ0n) is 29.3. The Labute approximate surface area is 318 Å². The van der Waals surface area contributed by atoms with Crippen LogP contribution in [0.3, 0.4) is 0 Å². The van der Waals surface area contributed by atoms with Crippen LogP contribution in [0.5, 0.6) is 0 Å². The average Bonchev–Trinajstić information content (AvgIpc) is 3.68. The van der Waals surface area contributed by atoms with Crippen LogP contribution in [0.1, 0.15) is 52.4 Å². The number of thioether (sulfide) groups is 1. The summed E-state index contributed by atoms with van der Waals surface area (Å²) in [5, 5.41) is 20.9. The maximum Gasteiger partial charge on any atom is 0.339 e. The molecule has 286 valence electrons. The second kappa shape index (κ2) is 19.0. The van der Waals surface area contributed by atoms with Crippen LogP contribution in [0.15, 0.2) is 91.5 Å². The van der Waals surface area contributed by atoms with Gasteiger partial charge in [-0.15, -0.1) is 11.8 Å². The molecule has 1 aliphatic rings. The molecule has 0 spiro atoms. The summed E-state index contributed by atoms with van der Waals surface area (Å²) in [6, 6.07) is 15.1. The minimum Gasteiger partial charge on any atom is -0.481 e. The number of ether oxygens (including phenoxy) is 4. The minimum atomic E-state index is -1.85. The van der Waals surface area contributed by atoms with E-state index in [2.05, 4.69) is 10.1 Å². The third-order valence-electron chi connectivity index (χ3n) is 8.42. The van der Waals surface area contributed by atoms with Crippen molar-refractivity contribution in [2.45, 2.75) is 55.3 Å². The molecule has 0 amide bonds. The second-order valence-corrected chi connectivity index (χ2v) is 13.9. The highest BCUT2D eigenvalue weighted by atomic mass is 32.2. The Morgan fingerprint density at radius 2 is 1.85 bits per heavy atom. The van der Waals surface area contributed by atoms with Gasteiger partial charge in [0, 0.05) is 28.0 Å². The van der Waals surface area contributed by atoms with Gasteiger partial charge in [-0.1, -0.05) is 42.5 Å². The van der Waals surface area contributed by atoms with Crippen LogP contribution in [0.25, 0.3) is 6.08 Å². The fourth-order valence-corrected chi connectivity index (χ4v) is 6.99. The van der Waals surface area contributed by atoms with Gasteiger partial charge in [0.05, 0.1) is 55.0 Å². The van der Waals surface area contributed by atoms with E-state index >= 15 is 4.39 Å². The lowest BCUT2D eigenvalue weighted by Gasteiger charge is -2.40. The van der Waals surface area contributed by atoms with E-state index in [1.807, 2.05) is 6.07 Å². The number of aliphatic carboxylic acids is 1. The fourth-order valence-electron chi connectivity index (χ4n) is 5.63. The van der Waals surface area contributed by atoms with Crippen LogP contribution in [-0.4, -0.2) is 67.8 Å². The van der Waals surface area contributed by atoms with Crippen molar-refractivity contribution in [3.8, 4) is 6.07 Å². The topological polar surface area (TPSA) is 163 Å². The number of hydrogen-bond donors (Lipinski definition) is 1. The summed E-state index contributed by atoms with van der Waals surface area (Å²) in [6.45, 7) is 1.45. The van der Waals surface area contributed by atoms with Gasteiger partial charge in [-0.3, -0.25) is 9.59 Å². The Bertz CT molecular complexity index is 2080. The Morgan fingerprint density at radius 1 is 1.07 bits per heavy atom. The van der Waals surface area contributed by atoms with E-state index in [9.17, 15) is 23.2 Å². The molecule has 0 radical (unpaired) electrons. The summed E-state index contributed by atoms with van der Waals surface area (Å²) in [6.07, 6.45) is 7.49. The van der Waals surface area contributed by atoms with Gasteiger partial charge in [-0.05, 0) is 43.3 Å². The van der Waals surface area contributed by atoms with Crippen molar-refractivity contribution in [3.63, 3.8) is 0 Å². The Balaban J connectivity index is 1.36. The summed E-state index contributed by atoms with van der Waals surface area (Å²) in [5.74, 6) is -5.22. The normalized spacial score (nSPS) is 17.4. The second-order valence-electron chi connectivity index (χ2n) is 12.2. The molecule has 12 nitrogen and oxygen atoms in total. The molecule has 4 aromatic rings. The summed E-state index contributed by atoms with van der Waals surface area (Å²) in [5.41, 5.74) is -1.24. The molecule has 2 heterocycles. The molecule has 16 heteroatoms. The first kappa shape index (κ1) is 40.4. The van der Waals surface area contributed by atoms with Crippen molar-refractivity contribution in [2.75, 3.05) is 13.2 Å². The van der Waals surface area contributed by atoms with Gasteiger partial charge in [0.25, 0.3) is 0 Å². The number of esters is 2. The van der Waals surface area contributed by atoms with Crippen LogP contribution in [0.2, 0.25) is 0 Å². The number of hydrogen-bond acceptors (Lipinski definition) is 11. The number of halogens is 3. The number of carboxylic acid groups (broad SMARTS) is 1. The van der Waals surface area contributed by atoms with E-state index in [-0.39, 0.29) is 60.3 Å². The number of benzene rings is 3. The molecule has 1 N–H and O–H groups in total. The van der Waals surface area contributed by atoms with Gasteiger partial charge < -0.3 is 24.1 Å². The molecule has 2 unspecified atom stereocenters. The van der Waals surface area contributed by atoms with E-state index in [0.29, 0.717) is 11.6 Å². The van der Waals surface area contributed by atoms with Crippen molar-refractivity contribution < 1.29 is 51.6 Å². The largest absolute Gasteiger partial charge is 0.481 e. The average molecular weight is 777 g/mol. The lowest BCUT2D eigenvalue weighted by atomic mass is 9.89. The van der Waals surface area contributed by atoms with Crippen LogP contribution in [0, 0.1) is 28.8 Å². The lowest BCUT2D eigenvalue weighted by molar-refractivity contribution is -0.148. The Morgan fingerprint density at radius 3 is 2.55 bits per heavy atom. The Kier molecular flexibility index (Phi) is 14.0. The number of carbonyl (C=O) groups is 3. The van der Waals surface area contributed by atoms with E-state index in [0.717, 1.165) is 12.1 Å². The maximum absolute atomic E-state index is 15.9. The molecule has 1 aromatic heterocycles. The maximum atomic E-state index is 15.9. The lowest BCUT2D eigenvalue weighted by Crippen LogP contribution is -2.47. The molecule has 3 aromatic carbocycles. The standard InChI is InChI=1S/C39H35F3N4O8S/c1-25(55-30-20-52-37(53-21-30)9-5-3-6-27-11-10-26(18-43)16-33(27)41)39(22-46-24-44-23-45-46,32-13-12-29(40)17-34(32)42)54-38(50)31-8-4-2-7-28(31)19-51-36(49)15-14-35(47)48/h2-13,16-17,23-25,30,37H,14-15,19-22H2,1H3,(H,47,48)/b6-3+,9-5+. The molecule has 1 saturated heterocycles. The zero-order valence-corrected chi connectivity index (χ0v) is 30.2. The number of carboxylic acids is 1. The smallest absolute Gasteiger partial charge is 0.339 e. The molecular formula is C39H35F3N4O8S. The van der Waals surface area contributed by atoms with Crippen LogP contribution >= 0.6 is 11.8 Å². The van der Waals surface area contributed by atoms with E-state index in [1.165, 1.54) is 65.5 Å². The third kappa shape index (κ3) is 10.9. The number of aromatic nitrogens is 3. The van der Waals surface area contributed by atoms with Crippen molar-refractivity contribution in [1.82, 2.24) is 14.8 Å². The molecular weight excluding hydrogens is 742 g/mol. The third-order valence-corrected chi connectivity index (χ3v) is 9.87. The van der Waals surface area contributed by atoms with E-state index in [1.54, 1.807) is 37.3 Å². The molecule has 0 bridgehead atoms. The highest BCUT2D eigenvalue weighted by Crippen LogP contribution is 2.42. The van der Waals surface area contributed by atoms with Crippen molar-refractivity contribution >= 4 is 35.7 Å². The van der Waals surface area contributed by atoms with Crippen molar-refractivity contribution in [2.24, 2.45) is 0 Å². The summed E-state index contributed by atoms with van der Waals surface area (Å²) < 4.78 is 69.0. The predicted molar refractivity (Wildman–Crippen MR) is 192 cm³/mol. The highest BCUT2D eigenvalue weighted by molar-refractivity contribution is 8.00. The first-order valence-electron chi connectivity index (χ1n) is 16.9. The van der Waals surface area contributed by atoms with Crippen LogP contribution in [0.4, 0.5) is 13.2 Å². The van der Waals surface area contributed by atoms with Crippen molar-refractivity contribution in [3.05, 3.63) is 137 Å². The summed E-state index contributed by atoms with van der Waals surface area (Å²) >= 11 is 1.28. The van der Waals surface area contributed by atoms with Crippen LogP contribution in [-0.2, 0) is 47.3 Å². The van der Waals surface area contributed by atoms with Gasteiger partial charge in [-0.25, -0.2) is 27.6 Å². The van der Waals surface area contributed by atoms with Crippen LogP contribution < -0.4 is 0 Å². The quantitative estimate of drug-likeness (QED) is 0.0992. The monoisotopic (exact) mass is 776 g/mol. The molecule has 55 heavy (non-hydrogen) atoms. The first-order chi connectivity index (χ1) is 26.5. The first-order valence-corrected chi connectivity index (χ1v) is 17.8. The molecule has 5 rings (SSSR count). The van der Waals surface area contributed by atoms with Crippen molar-refractivity contribution in [1.29, 1.82) is 5.26 Å². The van der Waals surface area contributed by atoms with Gasteiger partial charge in [-0.2, -0.15) is 10.4 Å². The minimum absolute atomic E-state index is 0.00819. The molecule has 2 atom stereocenters. The van der Waals surface area contributed by atoms with Gasteiger partial charge in [0.2, 0.25) is 0 Å². The highest BCUT2D eigenvalue weighted by Gasteiger charge is 2.47. The number of rotatable bonds is 16. The number of nitriles is 1. The molecule has 0 aliphatic carbocycles. The molecule has 0 saturated carbocycles. The zero-order chi connectivity index (χ0) is 39.4. The van der Waals surface area contributed by atoms with E-state index in [4.69, 9.17) is 29.3 Å². The van der Waals surface area contributed by atoms with Gasteiger partial charge >= 0.3 is 17.9 Å². The number of allylic oxidation sites excluding steroid dienone is 2. The predicted octanol–water partition coefficient (Wildman–Crippen LogP) is 6.36. The van der Waals surface area contributed by atoms with Gasteiger partial charge in [0.15, 0.2) is 11.9 Å².